The molecule has 3 N–H and O–H groups in total. The molecule has 7 nitrogen and oxygen atoms in total. The molecule has 1 fully saturated rings. The zero-order chi connectivity index (χ0) is 22.1. The van der Waals surface area contributed by atoms with Gasteiger partial charge in [-0.1, -0.05) is 30.3 Å². The molecule has 0 bridgehead atoms. The second-order valence-corrected chi connectivity index (χ2v) is 9.12. The number of benzene rings is 1. The predicted molar refractivity (Wildman–Crippen MR) is 120 cm³/mol. The summed E-state index contributed by atoms with van der Waals surface area (Å²) >= 11 is 7.56. The molecule has 4 amide bonds. The van der Waals surface area contributed by atoms with Gasteiger partial charge in [0, 0.05) is 34.1 Å². The van der Waals surface area contributed by atoms with Crippen LogP contribution in [0.25, 0.3) is 0 Å². The Morgan fingerprint density at radius 2 is 2.10 bits per heavy atom. The number of nitrogens with zero attached hydrogens (tertiary/aromatic N) is 1. The molecule has 31 heavy (non-hydrogen) atoms. The Morgan fingerprint density at radius 1 is 1.32 bits per heavy atom. The van der Waals surface area contributed by atoms with Crippen LogP contribution >= 0.6 is 22.9 Å². The predicted octanol–water partition coefficient (Wildman–Crippen LogP) is 3.46. The van der Waals surface area contributed by atoms with Gasteiger partial charge in [0.25, 0.3) is 5.91 Å². The Labute approximate surface area is 189 Å². The van der Waals surface area contributed by atoms with Gasteiger partial charge < -0.3 is 20.9 Å². The zero-order valence-electron chi connectivity index (χ0n) is 17.1. The molecule has 1 unspecified atom stereocenters. The molecule has 4 rings (SSSR count). The fourth-order valence-electron chi connectivity index (χ4n) is 3.78. The van der Waals surface area contributed by atoms with Gasteiger partial charge >= 0.3 is 6.03 Å². The number of hydrogen-bond donors (Lipinski definition) is 3. The summed E-state index contributed by atoms with van der Waals surface area (Å²) in [5, 5.41) is 10.9. The Hall–Kier alpha value is -2.84. The Kier molecular flexibility index (Phi) is 6.02. The van der Waals surface area contributed by atoms with Gasteiger partial charge in [-0.3, -0.25) is 9.59 Å². The number of aryl methyl sites for hydroxylation is 1. The largest absolute Gasteiger partial charge is 0.334 e. The van der Waals surface area contributed by atoms with E-state index in [1.54, 1.807) is 10.3 Å². The van der Waals surface area contributed by atoms with Crippen molar-refractivity contribution in [3.8, 4) is 0 Å². The van der Waals surface area contributed by atoms with Crippen molar-refractivity contribution in [3.05, 3.63) is 68.0 Å². The van der Waals surface area contributed by atoms with Gasteiger partial charge in [-0.25, -0.2) is 4.79 Å². The minimum atomic E-state index is -0.485. The summed E-state index contributed by atoms with van der Waals surface area (Å²) in [6, 6.07) is 4.88. The number of thiophene rings is 1. The van der Waals surface area contributed by atoms with Gasteiger partial charge in [-0.2, -0.15) is 0 Å². The molecule has 1 saturated heterocycles. The lowest BCUT2D eigenvalue weighted by Crippen LogP contribution is -2.49. The van der Waals surface area contributed by atoms with Crippen LogP contribution in [0.1, 0.15) is 44.8 Å². The van der Waals surface area contributed by atoms with Gasteiger partial charge in [-0.05, 0) is 42.5 Å². The summed E-state index contributed by atoms with van der Waals surface area (Å²) in [6.07, 6.45) is 1.23. The van der Waals surface area contributed by atoms with Gasteiger partial charge in [-0.15, -0.1) is 11.3 Å². The maximum atomic E-state index is 12.8. The molecule has 1 atom stereocenters. The Bertz CT molecular complexity index is 1080. The summed E-state index contributed by atoms with van der Waals surface area (Å²) in [6.45, 7) is 6.77. The highest BCUT2D eigenvalue weighted by molar-refractivity contribution is 7.10. The van der Waals surface area contributed by atoms with E-state index in [0.29, 0.717) is 48.8 Å². The Morgan fingerprint density at radius 3 is 2.84 bits per heavy atom. The summed E-state index contributed by atoms with van der Waals surface area (Å²) in [5.41, 5.74) is 4.09. The fourth-order valence-corrected chi connectivity index (χ4v) is 4.96. The highest BCUT2D eigenvalue weighted by Crippen LogP contribution is 2.34. The van der Waals surface area contributed by atoms with Gasteiger partial charge in [0.1, 0.15) is 6.04 Å². The first-order valence-electron chi connectivity index (χ1n) is 9.99. The number of fused-ring (bicyclic) bond motifs is 1. The zero-order valence-corrected chi connectivity index (χ0v) is 18.7. The average molecular weight is 459 g/mol. The molecular formula is C22H23ClN4O3S. The lowest BCUT2D eigenvalue weighted by atomic mass is 10.0. The summed E-state index contributed by atoms with van der Waals surface area (Å²) < 4.78 is 0. The maximum Gasteiger partial charge on any atom is 0.315 e. The SMILES string of the molecule is C=C1CCC(N2Cc3c(csc3CNC(=O)NCc3ccc(C)c(Cl)c3)C2=O)C(=O)N1. The van der Waals surface area contributed by atoms with Crippen LogP contribution in [0.3, 0.4) is 0 Å². The number of halogens is 1. The lowest BCUT2D eigenvalue weighted by Gasteiger charge is -2.31. The lowest BCUT2D eigenvalue weighted by molar-refractivity contribution is -0.126. The molecule has 1 aromatic heterocycles. The van der Waals surface area contributed by atoms with E-state index in [-0.39, 0.29) is 17.8 Å². The number of allylic oxidation sites excluding steroid dienone is 1. The third-order valence-electron chi connectivity index (χ3n) is 5.60. The van der Waals surface area contributed by atoms with Crippen LogP contribution in [0.2, 0.25) is 5.02 Å². The van der Waals surface area contributed by atoms with E-state index in [9.17, 15) is 14.4 Å². The molecule has 3 heterocycles. The topological polar surface area (TPSA) is 90.5 Å². The van der Waals surface area contributed by atoms with Crippen molar-refractivity contribution in [3.63, 3.8) is 0 Å². The van der Waals surface area contributed by atoms with E-state index in [1.165, 1.54) is 11.3 Å². The second-order valence-electron chi connectivity index (χ2n) is 7.75. The third kappa shape index (κ3) is 4.45. The van der Waals surface area contributed by atoms with Crippen LogP contribution in [0.4, 0.5) is 4.79 Å². The van der Waals surface area contributed by atoms with Crippen LogP contribution in [-0.2, 0) is 24.4 Å². The standard InChI is InChI=1S/C22H23ClN4O3S/c1-12-3-5-14(7-17(12)23)8-24-22(30)25-9-19-15-10-27(21(29)16(15)11-31-19)18-6-4-13(2)26-20(18)28/h3,5,7,11,18H,2,4,6,8-10H2,1H3,(H,26,28)(H2,24,25,30). The molecule has 0 radical (unpaired) electrons. The highest BCUT2D eigenvalue weighted by atomic mass is 35.5. The van der Waals surface area contributed by atoms with Crippen molar-refractivity contribution in [1.29, 1.82) is 0 Å². The Balaban J connectivity index is 1.33. The summed E-state index contributed by atoms with van der Waals surface area (Å²) in [7, 11) is 0. The summed E-state index contributed by atoms with van der Waals surface area (Å²) in [4.78, 5) is 39.9. The number of hydrogen-bond acceptors (Lipinski definition) is 4. The number of nitrogens with one attached hydrogen (secondary N) is 3. The van der Waals surface area contributed by atoms with Crippen LogP contribution in [0.5, 0.6) is 0 Å². The van der Waals surface area contributed by atoms with Gasteiger partial charge in [0.05, 0.1) is 12.1 Å². The van der Waals surface area contributed by atoms with Crippen LogP contribution in [0.15, 0.2) is 35.9 Å². The van der Waals surface area contributed by atoms with Crippen molar-refractivity contribution in [2.45, 2.75) is 45.4 Å². The molecule has 0 spiro atoms. The van der Waals surface area contributed by atoms with Gasteiger partial charge in [0.2, 0.25) is 5.91 Å². The van der Waals surface area contributed by atoms with E-state index in [2.05, 4.69) is 22.5 Å². The van der Waals surface area contributed by atoms with E-state index in [4.69, 9.17) is 11.6 Å². The van der Waals surface area contributed by atoms with Crippen molar-refractivity contribution >= 4 is 40.8 Å². The van der Waals surface area contributed by atoms with E-state index in [1.807, 2.05) is 25.1 Å². The van der Waals surface area contributed by atoms with E-state index in [0.717, 1.165) is 21.6 Å². The minimum absolute atomic E-state index is 0.133. The second kappa shape index (κ2) is 8.72. The van der Waals surface area contributed by atoms with Crippen molar-refractivity contribution in [1.82, 2.24) is 20.9 Å². The van der Waals surface area contributed by atoms with Crippen LogP contribution in [-0.4, -0.2) is 28.8 Å². The van der Waals surface area contributed by atoms with Crippen LogP contribution in [0, 0.1) is 6.92 Å². The molecule has 2 aromatic rings. The molecular weight excluding hydrogens is 436 g/mol. The number of piperidine rings is 1. The molecule has 0 saturated carbocycles. The molecule has 1 aromatic carbocycles. The number of amides is 4. The third-order valence-corrected chi connectivity index (χ3v) is 7.03. The molecule has 162 valence electrons. The van der Waals surface area contributed by atoms with Crippen LogP contribution < -0.4 is 16.0 Å². The first kappa shape index (κ1) is 21.4. The van der Waals surface area contributed by atoms with E-state index >= 15 is 0 Å². The van der Waals surface area contributed by atoms with Crippen molar-refractivity contribution in [2.24, 2.45) is 0 Å². The quantitative estimate of drug-likeness (QED) is 0.640. The average Bonchev–Trinajstić information content (AvgIpc) is 3.27. The summed E-state index contributed by atoms with van der Waals surface area (Å²) in [5.74, 6) is -0.320. The minimum Gasteiger partial charge on any atom is -0.334 e. The molecule has 2 aliphatic rings. The van der Waals surface area contributed by atoms with Crippen molar-refractivity contribution in [2.75, 3.05) is 0 Å². The number of carbonyl (C=O) groups excluding carboxylic acids is 3. The molecule has 9 heteroatoms. The number of rotatable bonds is 5. The monoisotopic (exact) mass is 458 g/mol. The highest BCUT2D eigenvalue weighted by Gasteiger charge is 2.39. The number of urea groups is 1. The van der Waals surface area contributed by atoms with Crippen molar-refractivity contribution < 1.29 is 14.4 Å². The number of carbonyl (C=O) groups is 3. The first-order valence-corrected chi connectivity index (χ1v) is 11.2. The first-order chi connectivity index (χ1) is 14.8. The molecule has 0 aliphatic carbocycles. The fraction of sp³-hybridized carbons (Fsp3) is 0.318. The van der Waals surface area contributed by atoms with Gasteiger partial charge in [0.15, 0.2) is 0 Å². The smallest absolute Gasteiger partial charge is 0.315 e. The van der Waals surface area contributed by atoms with E-state index < -0.39 is 6.04 Å². The maximum absolute atomic E-state index is 12.8. The molecule has 2 aliphatic heterocycles. The normalized spacial score (nSPS) is 18.1.